The molecule has 0 radical (unpaired) electrons. The molecular formula is C30F22N8. The van der Waals surface area contributed by atoms with Crippen molar-refractivity contribution in [1.82, 2.24) is 19.9 Å². The number of rotatable bonds is 3. The van der Waals surface area contributed by atoms with E-state index in [1.54, 1.807) is 0 Å². The molecule has 0 N–H and O–H groups in total. The van der Waals surface area contributed by atoms with E-state index in [2.05, 4.69) is 0 Å². The maximum atomic E-state index is 15.2. The number of hydrogen-bond donors (Lipinski definition) is 0. The number of aromatic nitrogens is 4. The summed E-state index contributed by atoms with van der Waals surface area (Å²) < 4.78 is 312. The lowest BCUT2D eigenvalue weighted by molar-refractivity contribution is -0.162. The van der Waals surface area contributed by atoms with Crippen molar-refractivity contribution >= 4 is 16.7 Å². The van der Waals surface area contributed by atoms with Crippen LogP contribution in [0.25, 0.3) is 16.7 Å². The van der Waals surface area contributed by atoms with Gasteiger partial charge < -0.3 is 0 Å². The van der Waals surface area contributed by atoms with E-state index in [0.29, 0.717) is 24.3 Å². The van der Waals surface area contributed by atoms with Crippen molar-refractivity contribution in [2.75, 3.05) is 0 Å². The Bertz CT molecular complexity index is 2410. The summed E-state index contributed by atoms with van der Waals surface area (Å²) in [6.07, 6.45) is -39.3. The minimum atomic E-state index is -6.65. The van der Waals surface area contributed by atoms with Crippen LogP contribution in [0.5, 0.6) is 0 Å². The number of benzene rings is 1. The van der Waals surface area contributed by atoms with E-state index in [-0.39, 0.29) is 0 Å². The molecule has 4 rings (SSSR count). The molecule has 0 unspecified atom stereocenters. The van der Waals surface area contributed by atoms with Crippen LogP contribution in [0.15, 0.2) is 16.7 Å². The van der Waals surface area contributed by atoms with Gasteiger partial charge in [-0.15, -0.1) is 0 Å². The summed E-state index contributed by atoms with van der Waals surface area (Å²) in [5.41, 5.74) is -39.3. The molecular weight excluding hydrogens is 890 g/mol. The Balaban J connectivity index is 2.54. The standard InChI is InChI=1S/C30F22N8/c31-15-8(4-56)16(32)18(34)12(17(15)33)5(1-53)9-10(6(2-54)13-19(25(35,36)37)57-23(29(47,48)49)58-20(13)26(38,39)40)11(9)7(3-55)14-21(27(41,42)43)59-24(30(50,51)52)60-22(14)28(44,45)46/b9-5?,10-6-,11-7+. The molecule has 0 atom stereocenters. The van der Waals surface area contributed by atoms with Crippen LogP contribution in [0.3, 0.4) is 0 Å². The molecule has 8 nitrogen and oxygen atoms in total. The first-order valence-corrected chi connectivity index (χ1v) is 14.1. The van der Waals surface area contributed by atoms with Gasteiger partial charge >= 0.3 is 37.1 Å². The molecule has 1 fully saturated rings. The molecule has 2 heterocycles. The van der Waals surface area contributed by atoms with Gasteiger partial charge in [0.2, 0.25) is 11.6 Å². The van der Waals surface area contributed by atoms with Crippen LogP contribution in [0, 0.1) is 68.6 Å². The number of nitrogens with zero attached hydrogens (tertiary/aromatic N) is 8. The Morgan fingerprint density at radius 2 is 0.583 bits per heavy atom. The van der Waals surface area contributed by atoms with Crippen molar-refractivity contribution in [3.63, 3.8) is 0 Å². The fourth-order valence-corrected chi connectivity index (χ4v) is 5.07. The van der Waals surface area contributed by atoms with Crippen LogP contribution in [0.4, 0.5) is 96.6 Å². The largest absolute Gasteiger partial charge is 0.451 e. The van der Waals surface area contributed by atoms with Gasteiger partial charge in [-0.2, -0.15) is 100 Å². The van der Waals surface area contributed by atoms with Crippen molar-refractivity contribution in [3.05, 3.63) is 96.7 Å². The fraction of sp³-hybridized carbons (Fsp3) is 0.200. The van der Waals surface area contributed by atoms with Gasteiger partial charge in [-0.25, -0.2) is 37.5 Å². The zero-order valence-electron chi connectivity index (χ0n) is 26.9. The summed E-state index contributed by atoms with van der Waals surface area (Å²) in [7, 11) is 0. The summed E-state index contributed by atoms with van der Waals surface area (Å²) in [4.78, 5) is 7.51. The van der Waals surface area contributed by atoms with Crippen molar-refractivity contribution in [1.29, 1.82) is 21.0 Å². The van der Waals surface area contributed by atoms with E-state index in [1.807, 2.05) is 19.9 Å². The first kappa shape index (κ1) is 45.7. The Labute approximate surface area is 312 Å². The molecule has 30 heteroatoms. The lowest BCUT2D eigenvalue weighted by Gasteiger charge is -2.19. The monoisotopic (exact) mass is 890 g/mol. The van der Waals surface area contributed by atoms with Crippen LogP contribution < -0.4 is 0 Å². The highest BCUT2D eigenvalue weighted by molar-refractivity contribution is 6.12. The topological polar surface area (TPSA) is 147 Å². The zero-order chi connectivity index (χ0) is 46.2. The summed E-state index contributed by atoms with van der Waals surface area (Å²) in [6.45, 7) is 0. The predicted molar refractivity (Wildman–Crippen MR) is 143 cm³/mol. The highest BCUT2D eigenvalue weighted by Crippen LogP contribution is 2.59. The van der Waals surface area contributed by atoms with Gasteiger partial charge in [0.05, 0.1) is 33.4 Å². The molecule has 0 aliphatic heterocycles. The molecule has 1 aliphatic rings. The summed E-state index contributed by atoms with van der Waals surface area (Å²) in [5, 5.41) is 38.5. The average molecular weight is 890 g/mol. The number of allylic oxidation sites excluding steroid dienone is 6. The van der Waals surface area contributed by atoms with Crippen LogP contribution in [0.1, 0.15) is 56.7 Å². The minimum Gasteiger partial charge on any atom is -0.219 e. The Kier molecular flexibility index (Phi) is 11.0. The molecule has 1 aromatic carbocycles. The van der Waals surface area contributed by atoms with Gasteiger partial charge in [0.1, 0.15) is 29.8 Å². The third-order valence-corrected chi connectivity index (χ3v) is 7.30. The summed E-state index contributed by atoms with van der Waals surface area (Å²) >= 11 is 0. The molecule has 314 valence electrons. The maximum Gasteiger partial charge on any atom is 0.451 e. The predicted octanol–water partition coefficient (Wildman–Crippen LogP) is 10.1. The normalized spacial score (nSPS) is 16.4. The van der Waals surface area contributed by atoms with E-state index >= 15 is 8.78 Å². The lowest BCUT2D eigenvalue weighted by Crippen LogP contribution is -2.25. The number of hydrogen-bond acceptors (Lipinski definition) is 8. The Morgan fingerprint density at radius 1 is 0.350 bits per heavy atom. The number of halogens is 22. The first-order valence-electron chi connectivity index (χ1n) is 14.1. The van der Waals surface area contributed by atoms with Crippen molar-refractivity contribution in [2.24, 2.45) is 0 Å². The van der Waals surface area contributed by atoms with Crippen molar-refractivity contribution < 1.29 is 96.6 Å². The molecule has 0 bridgehead atoms. The van der Waals surface area contributed by atoms with Crippen LogP contribution in [0.2, 0.25) is 0 Å². The number of alkyl halides is 18. The van der Waals surface area contributed by atoms with E-state index < -0.39 is 150 Å². The molecule has 2 aromatic heterocycles. The van der Waals surface area contributed by atoms with Crippen molar-refractivity contribution in [3.8, 4) is 24.3 Å². The fourth-order valence-electron chi connectivity index (χ4n) is 5.07. The second-order valence-electron chi connectivity index (χ2n) is 10.9. The summed E-state index contributed by atoms with van der Waals surface area (Å²) in [5.74, 6) is -18.1. The smallest absolute Gasteiger partial charge is 0.219 e. The molecule has 60 heavy (non-hydrogen) atoms. The van der Waals surface area contributed by atoms with Crippen LogP contribution in [-0.4, -0.2) is 19.9 Å². The highest BCUT2D eigenvalue weighted by atomic mass is 19.4. The lowest BCUT2D eigenvalue weighted by atomic mass is 9.98. The molecule has 0 amide bonds. The minimum absolute atomic E-state index is 0.401. The van der Waals surface area contributed by atoms with Crippen molar-refractivity contribution in [2.45, 2.75) is 37.1 Å². The quantitative estimate of drug-likeness (QED) is 0.144. The van der Waals surface area contributed by atoms with E-state index in [0.717, 1.165) is 0 Å². The third-order valence-electron chi connectivity index (χ3n) is 7.30. The Morgan fingerprint density at radius 3 is 0.767 bits per heavy atom. The van der Waals surface area contributed by atoms with E-state index in [1.165, 1.54) is 0 Å². The van der Waals surface area contributed by atoms with Gasteiger partial charge in [0, 0.05) is 16.7 Å². The second kappa shape index (κ2) is 14.4. The van der Waals surface area contributed by atoms with Crippen LogP contribution >= 0.6 is 0 Å². The second-order valence-corrected chi connectivity index (χ2v) is 10.9. The van der Waals surface area contributed by atoms with Gasteiger partial charge in [-0.05, 0) is 0 Å². The third kappa shape index (κ3) is 7.91. The van der Waals surface area contributed by atoms with E-state index in [4.69, 9.17) is 5.26 Å². The Hall–Kier alpha value is -6.98. The molecule has 0 saturated heterocycles. The first-order chi connectivity index (χ1) is 27.1. The zero-order valence-corrected chi connectivity index (χ0v) is 26.9. The molecule has 1 aliphatic carbocycles. The van der Waals surface area contributed by atoms with Gasteiger partial charge in [-0.3, -0.25) is 0 Å². The maximum absolute atomic E-state index is 15.2. The van der Waals surface area contributed by atoms with E-state index in [9.17, 15) is 104 Å². The van der Waals surface area contributed by atoms with Gasteiger partial charge in [-0.1, -0.05) is 0 Å². The van der Waals surface area contributed by atoms with Crippen LogP contribution in [-0.2, 0) is 37.1 Å². The average Bonchev–Trinajstić information content (AvgIpc) is 3.80. The number of nitriles is 4. The van der Waals surface area contributed by atoms with Gasteiger partial charge in [0.25, 0.3) is 0 Å². The molecule has 1 saturated carbocycles. The van der Waals surface area contributed by atoms with Gasteiger partial charge in [0.15, 0.2) is 46.0 Å². The SMILES string of the molecule is N#CC(=C1C(=C(\C#N)c2c(C(F)(F)F)nc(C(F)(F)F)nc2C(F)(F)F)/C1=C(\C#N)c1c(C(F)(F)F)nc(C(F)(F)F)nc1C(F)(F)F)c1c(F)c(F)c(C#N)c(F)c1F. The molecule has 3 aromatic rings. The summed E-state index contributed by atoms with van der Waals surface area (Å²) in [6, 6.07) is 1.92. The highest BCUT2D eigenvalue weighted by Gasteiger charge is 2.54. The molecule has 0 spiro atoms.